The third-order valence-electron chi connectivity index (χ3n) is 3.25. The van der Waals surface area contributed by atoms with E-state index in [-0.39, 0.29) is 25.5 Å². The first-order chi connectivity index (χ1) is 10.1. The number of nitrogen functional groups attached to an aromatic ring is 1. The molecular weight excluding hydrogens is 298 g/mol. The van der Waals surface area contributed by atoms with Crippen molar-refractivity contribution >= 4 is 17.6 Å². The van der Waals surface area contributed by atoms with Crippen molar-refractivity contribution in [3.8, 4) is 0 Å². The first-order valence-electron chi connectivity index (χ1n) is 6.57. The van der Waals surface area contributed by atoms with Crippen molar-refractivity contribution in [2.24, 2.45) is 0 Å². The minimum atomic E-state index is -0.823. The van der Waals surface area contributed by atoms with Gasteiger partial charge in [-0.1, -0.05) is 0 Å². The zero-order valence-electron chi connectivity index (χ0n) is 11.4. The van der Waals surface area contributed by atoms with Gasteiger partial charge in [0, 0.05) is 29.7 Å². The van der Waals surface area contributed by atoms with Crippen LogP contribution in [0, 0.1) is 0 Å². The molecule has 1 saturated heterocycles. The van der Waals surface area contributed by atoms with Crippen molar-refractivity contribution in [3.05, 3.63) is 22.2 Å². The molecule has 0 bridgehead atoms. The lowest BCUT2D eigenvalue weighted by Crippen LogP contribution is -2.29. The molecule has 1 fully saturated rings. The van der Waals surface area contributed by atoms with Gasteiger partial charge in [-0.2, -0.15) is 16.7 Å². The number of hydrogen-bond acceptors (Lipinski definition) is 8. The summed E-state index contributed by atoms with van der Waals surface area (Å²) in [5.41, 5.74) is 5.83. The average Bonchev–Trinajstić information content (AvgIpc) is 2.82. The molecule has 0 aliphatic carbocycles. The van der Waals surface area contributed by atoms with Gasteiger partial charge in [0.15, 0.2) is 0 Å². The Labute approximate surface area is 125 Å². The summed E-state index contributed by atoms with van der Waals surface area (Å²) in [6.07, 6.45) is -0.422. The molecular formula is C12H19N3O5S. The molecule has 2 rings (SSSR count). The molecule has 0 aromatic carbocycles. The number of aromatic nitrogens is 2. The lowest BCUT2D eigenvalue weighted by molar-refractivity contribution is -0.0459. The summed E-state index contributed by atoms with van der Waals surface area (Å²) >= 11 is 1.47. The SMILES string of the molecule is Nc1nc(=O)n(C2CC(O)C(CO)O2)cc1CSCCO. The maximum atomic E-state index is 11.9. The monoisotopic (exact) mass is 317 g/mol. The first-order valence-corrected chi connectivity index (χ1v) is 7.72. The molecule has 2 heterocycles. The van der Waals surface area contributed by atoms with Crippen molar-refractivity contribution in [3.63, 3.8) is 0 Å². The van der Waals surface area contributed by atoms with Gasteiger partial charge in [-0.25, -0.2) is 4.79 Å². The van der Waals surface area contributed by atoms with Gasteiger partial charge in [-0.3, -0.25) is 4.57 Å². The summed E-state index contributed by atoms with van der Waals surface area (Å²) < 4.78 is 6.73. The number of thioether (sulfide) groups is 1. The Balaban J connectivity index is 2.19. The Morgan fingerprint density at radius 2 is 2.29 bits per heavy atom. The van der Waals surface area contributed by atoms with E-state index in [0.717, 1.165) is 0 Å². The van der Waals surface area contributed by atoms with Crippen LogP contribution in [0.3, 0.4) is 0 Å². The van der Waals surface area contributed by atoms with Crippen LogP contribution in [0.15, 0.2) is 11.0 Å². The number of hydrogen-bond donors (Lipinski definition) is 4. The van der Waals surface area contributed by atoms with E-state index < -0.39 is 24.1 Å². The van der Waals surface area contributed by atoms with E-state index >= 15 is 0 Å². The van der Waals surface area contributed by atoms with E-state index in [1.165, 1.54) is 16.3 Å². The molecule has 0 saturated carbocycles. The molecule has 1 aliphatic heterocycles. The Morgan fingerprint density at radius 3 is 2.90 bits per heavy atom. The van der Waals surface area contributed by atoms with Gasteiger partial charge in [0.25, 0.3) is 0 Å². The summed E-state index contributed by atoms with van der Waals surface area (Å²) in [6.45, 7) is -0.248. The van der Waals surface area contributed by atoms with Crippen molar-refractivity contribution in [2.45, 2.75) is 30.6 Å². The molecule has 118 valence electrons. The van der Waals surface area contributed by atoms with E-state index in [4.69, 9.17) is 20.7 Å². The van der Waals surface area contributed by atoms with Crippen LogP contribution in [-0.4, -0.2) is 56.0 Å². The van der Waals surface area contributed by atoms with E-state index in [1.54, 1.807) is 6.20 Å². The molecule has 9 heteroatoms. The van der Waals surface area contributed by atoms with Gasteiger partial charge in [0.05, 0.1) is 19.3 Å². The molecule has 21 heavy (non-hydrogen) atoms. The molecule has 8 nitrogen and oxygen atoms in total. The normalized spacial score (nSPS) is 25.4. The maximum absolute atomic E-state index is 11.9. The van der Waals surface area contributed by atoms with E-state index in [1.807, 2.05) is 0 Å². The molecule has 0 amide bonds. The number of aliphatic hydroxyl groups excluding tert-OH is 3. The van der Waals surface area contributed by atoms with Gasteiger partial charge < -0.3 is 25.8 Å². The lowest BCUT2D eigenvalue weighted by Gasteiger charge is -2.16. The van der Waals surface area contributed by atoms with Gasteiger partial charge >= 0.3 is 5.69 Å². The van der Waals surface area contributed by atoms with Crippen molar-refractivity contribution in [1.29, 1.82) is 0 Å². The maximum Gasteiger partial charge on any atom is 0.351 e. The number of nitrogens with two attached hydrogens (primary N) is 1. The molecule has 0 radical (unpaired) electrons. The number of nitrogens with zero attached hydrogens (tertiary/aromatic N) is 2. The van der Waals surface area contributed by atoms with Crippen molar-refractivity contribution < 1.29 is 20.1 Å². The smallest absolute Gasteiger partial charge is 0.351 e. The minimum absolute atomic E-state index is 0.0632. The van der Waals surface area contributed by atoms with Crippen LogP contribution in [0.4, 0.5) is 5.82 Å². The first kappa shape index (κ1) is 16.2. The van der Waals surface area contributed by atoms with Gasteiger partial charge in [0.1, 0.15) is 18.1 Å². The fourth-order valence-electron chi connectivity index (χ4n) is 2.14. The second-order valence-electron chi connectivity index (χ2n) is 4.73. The molecule has 1 aromatic heterocycles. The van der Waals surface area contributed by atoms with Crippen LogP contribution < -0.4 is 11.4 Å². The van der Waals surface area contributed by atoms with Crippen LogP contribution in [0.2, 0.25) is 0 Å². The zero-order valence-corrected chi connectivity index (χ0v) is 12.2. The third kappa shape index (κ3) is 3.74. The topological polar surface area (TPSA) is 131 Å². The highest BCUT2D eigenvalue weighted by molar-refractivity contribution is 7.98. The Morgan fingerprint density at radius 1 is 1.52 bits per heavy atom. The van der Waals surface area contributed by atoms with Gasteiger partial charge in [-0.15, -0.1) is 0 Å². The Hall–Kier alpha value is -1.13. The average molecular weight is 317 g/mol. The summed E-state index contributed by atoms with van der Waals surface area (Å²) in [6, 6.07) is 0. The predicted octanol–water partition coefficient (Wildman–Crippen LogP) is -1.31. The number of aliphatic hydroxyl groups is 3. The highest BCUT2D eigenvalue weighted by atomic mass is 32.2. The Kier molecular flexibility index (Phi) is 5.59. The third-order valence-corrected chi connectivity index (χ3v) is 4.23. The zero-order chi connectivity index (χ0) is 15.4. The molecule has 1 aliphatic rings. The predicted molar refractivity (Wildman–Crippen MR) is 77.8 cm³/mol. The van der Waals surface area contributed by atoms with E-state index in [2.05, 4.69) is 4.98 Å². The molecule has 5 N–H and O–H groups in total. The van der Waals surface area contributed by atoms with Crippen molar-refractivity contribution in [2.75, 3.05) is 24.7 Å². The minimum Gasteiger partial charge on any atom is -0.396 e. The van der Waals surface area contributed by atoms with E-state index in [0.29, 0.717) is 17.1 Å². The second-order valence-corrected chi connectivity index (χ2v) is 5.84. The highest BCUT2D eigenvalue weighted by Gasteiger charge is 2.35. The van der Waals surface area contributed by atoms with Crippen molar-refractivity contribution in [1.82, 2.24) is 9.55 Å². The molecule has 1 aromatic rings. The summed E-state index contributed by atoms with van der Waals surface area (Å²) in [5.74, 6) is 1.22. The van der Waals surface area contributed by atoms with E-state index in [9.17, 15) is 9.90 Å². The summed E-state index contributed by atoms with van der Waals surface area (Å²) in [5, 5.41) is 27.6. The van der Waals surface area contributed by atoms with Crippen LogP contribution in [0.1, 0.15) is 18.2 Å². The quantitative estimate of drug-likeness (QED) is 0.476. The summed E-state index contributed by atoms with van der Waals surface area (Å²) in [4.78, 5) is 15.7. The van der Waals surface area contributed by atoms with Crippen LogP contribution in [0.25, 0.3) is 0 Å². The molecule has 3 atom stereocenters. The summed E-state index contributed by atoms with van der Waals surface area (Å²) in [7, 11) is 0. The lowest BCUT2D eigenvalue weighted by atomic mass is 10.2. The largest absolute Gasteiger partial charge is 0.396 e. The molecule has 0 spiro atoms. The fraction of sp³-hybridized carbons (Fsp3) is 0.667. The van der Waals surface area contributed by atoms with Crippen LogP contribution in [0.5, 0.6) is 0 Å². The van der Waals surface area contributed by atoms with Crippen LogP contribution in [-0.2, 0) is 10.5 Å². The number of ether oxygens (including phenoxy) is 1. The van der Waals surface area contributed by atoms with Gasteiger partial charge in [-0.05, 0) is 0 Å². The Bertz CT molecular complexity index is 538. The fourth-order valence-corrected chi connectivity index (χ4v) is 2.85. The highest BCUT2D eigenvalue weighted by Crippen LogP contribution is 2.28. The van der Waals surface area contributed by atoms with Gasteiger partial charge in [0.2, 0.25) is 0 Å². The van der Waals surface area contributed by atoms with Crippen LogP contribution >= 0.6 is 11.8 Å². The molecule has 3 unspecified atom stereocenters. The second kappa shape index (κ2) is 7.23. The standard InChI is InChI=1S/C12H19N3O5S/c13-11-7(6-21-2-1-16)4-15(12(19)14-11)10-3-8(18)9(5-17)20-10/h4,8-10,16-18H,1-3,5-6H2,(H2,13,14,19). The number of rotatable bonds is 6. The number of anilines is 1.